The number of carbonyl (C=O) groups is 2. The average Bonchev–Trinajstić information content (AvgIpc) is 3.25. The minimum Gasteiger partial charge on any atom is -0.462 e. The summed E-state index contributed by atoms with van der Waals surface area (Å²) in [6.07, 6.45) is 28.3. The summed E-state index contributed by atoms with van der Waals surface area (Å²) in [4.78, 5) is 35.8. The Kier molecular flexibility index (Phi) is 36.7. The highest BCUT2D eigenvalue weighted by Crippen LogP contribution is 2.47. The third-order valence-electron chi connectivity index (χ3n) is 11.9. The lowest BCUT2D eigenvalue weighted by molar-refractivity contribution is -0.220. The molecule has 0 amide bonds. The molecule has 1 rings (SSSR count). The largest absolute Gasteiger partial charge is 0.472 e. The van der Waals surface area contributed by atoms with Crippen molar-refractivity contribution >= 4 is 19.8 Å². The van der Waals surface area contributed by atoms with Crippen molar-refractivity contribution in [3.63, 3.8) is 0 Å². The fourth-order valence-electron chi connectivity index (χ4n) is 7.81. The number of rotatable bonds is 42. The maximum Gasteiger partial charge on any atom is 0.472 e. The van der Waals surface area contributed by atoms with Gasteiger partial charge in [-0.2, -0.15) is 0 Å². The van der Waals surface area contributed by atoms with E-state index in [1.165, 1.54) is 128 Å². The zero-order valence-electron chi connectivity index (χ0n) is 38.9. The minimum atomic E-state index is -5.12. The van der Waals surface area contributed by atoms with Crippen LogP contribution in [0.3, 0.4) is 0 Å². The topological polar surface area (TPSA) is 210 Å². The molecule has 1 saturated carbocycles. The first kappa shape index (κ1) is 58.6. The van der Waals surface area contributed by atoms with E-state index >= 15 is 0 Å². The van der Waals surface area contributed by atoms with Crippen LogP contribution in [0.15, 0.2) is 12.2 Å². The van der Waals surface area contributed by atoms with E-state index in [0.29, 0.717) is 12.8 Å². The molecule has 0 aliphatic heterocycles. The van der Waals surface area contributed by atoms with E-state index in [1.807, 2.05) is 0 Å². The van der Waals surface area contributed by atoms with Crippen LogP contribution in [0.5, 0.6) is 0 Å². The molecular weight excluding hydrogens is 815 g/mol. The molecule has 366 valence electrons. The average molecular weight is 907 g/mol. The molecule has 0 aromatic heterocycles. The number of ether oxygens (including phenoxy) is 2. The van der Waals surface area contributed by atoms with Crippen LogP contribution in [0, 0.1) is 0 Å². The van der Waals surface area contributed by atoms with Crippen LogP contribution in [0.4, 0.5) is 0 Å². The van der Waals surface area contributed by atoms with Crippen LogP contribution in [0.1, 0.15) is 226 Å². The van der Waals surface area contributed by atoms with Gasteiger partial charge in [-0.05, 0) is 38.5 Å². The quantitative estimate of drug-likeness (QED) is 0.0146. The van der Waals surface area contributed by atoms with Crippen LogP contribution < -0.4 is 0 Å². The van der Waals surface area contributed by atoms with Crippen molar-refractivity contribution in [3.8, 4) is 0 Å². The van der Waals surface area contributed by atoms with Gasteiger partial charge in [0.25, 0.3) is 0 Å². The molecular formula is C48H91O13P. The van der Waals surface area contributed by atoms with Gasteiger partial charge in [-0.1, -0.05) is 187 Å². The first-order valence-corrected chi connectivity index (χ1v) is 26.5. The van der Waals surface area contributed by atoms with Crippen molar-refractivity contribution in [2.24, 2.45) is 0 Å². The summed E-state index contributed by atoms with van der Waals surface area (Å²) in [7, 11) is -5.12. The van der Waals surface area contributed by atoms with Gasteiger partial charge in [-0.25, -0.2) is 4.57 Å². The highest BCUT2D eigenvalue weighted by Gasteiger charge is 2.51. The van der Waals surface area contributed by atoms with Crippen LogP contribution in [-0.4, -0.2) is 98.3 Å². The van der Waals surface area contributed by atoms with Crippen LogP contribution in [-0.2, 0) is 32.7 Å². The van der Waals surface area contributed by atoms with Crippen molar-refractivity contribution in [2.45, 2.75) is 268 Å². The first-order valence-electron chi connectivity index (χ1n) is 25.0. The molecule has 1 aliphatic rings. The monoisotopic (exact) mass is 907 g/mol. The number of phosphoric acid groups is 1. The van der Waals surface area contributed by atoms with Crippen molar-refractivity contribution in [1.29, 1.82) is 0 Å². The lowest BCUT2D eigenvalue weighted by atomic mass is 9.85. The third kappa shape index (κ3) is 30.7. The molecule has 62 heavy (non-hydrogen) atoms. The molecule has 1 aliphatic carbocycles. The third-order valence-corrected chi connectivity index (χ3v) is 12.8. The Hall–Kier alpha value is -1.41. The van der Waals surface area contributed by atoms with E-state index < -0.39 is 75.7 Å². The van der Waals surface area contributed by atoms with Crippen LogP contribution in [0.2, 0.25) is 0 Å². The first-order chi connectivity index (χ1) is 29.9. The summed E-state index contributed by atoms with van der Waals surface area (Å²) in [6, 6.07) is 0. The number of aliphatic hydroxyl groups excluding tert-OH is 5. The summed E-state index contributed by atoms with van der Waals surface area (Å²) < 4.78 is 33.6. The standard InChI is InChI=1S/C48H91O13P/c1-3-5-7-9-11-13-15-17-19-20-21-22-23-25-27-29-31-33-35-37-42(50)60-40(39-59-62(56,57)61-48-46(54)44(52)43(51)45(53)47(48)55)38-58-41(49)36-34-32-30-28-26-24-18-16-14-12-10-8-6-4-2/h16,18,40,43-48,51-55H,3-15,17,19-39H2,1-2H3,(H,56,57)/b18-16-/t40-,43?,44-,45?,46?,47?,48?/m1/s1. The van der Waals surface area contributed by atoms with E-state index in [1.54, 1.807) is 0 Å². The number of allylic oxidation sites excluding steroid dienone is 2. The Morgan fingerprint density at radius 1 is 0.484 bits per heavy atom. The molecule has 6 N–H and O–H groups in total. The smallest absolute Gasteiger partial charge is 0.462 e. The van der Waals surface area contributed by atoms with Gasteiger partial charge in [0.15, 0.2) is 6.10 Å². The number of unbranched alkanes of at least 4 members (excludes halogenated alkanes) is 28. The Labute approximate surface area is 375 Å². The summed E-state index contributed by atoms with van der Waals surface area (Å²) in [5.74, 6) is -1.10. The molecule has 13 nitrogen and oxygen atoms in total. The summed E-state index contributed by atoms with van der Waals surface area (Å²) >= 11 is 0. The summed E-state index contributed by atoms with van der Waals surface area (Å²) in [5, 5.41) is 50.2. The van der Waals surface area contributed by atoms with E-state index in [-0.39, 0.29) is 12.8 Å². The SMILES string of the molecule is CCCCCCC/C=C\CCCCCCCC(=O)OC[C@H](COP(=O)(O)OC1C(O)C(O)C(O)[C@@H](O)C1O)OC(=O)CCCCCCCCCCCCCCCCCCCCC. The van der Waals surface area contributed by atoms with Gasteiger partial charge in [0.2, 0.25) is 0 Å². The zero-order chi connectivity index (χ0) is 45.7. The van der Waals surface area contributed by atoms with Gasteiger partial charge >= 0.3 is 19.8 Å². The Morgan fingerprint density at radius 3 is 1.23 bits per heavy atom. The minimum absolute atomic E-state index is 0.101. The molecule has 6 unspecified atom stereocenters. The van der Waals surface area contributed by atoms with Gasteiger partial charge in [-0.3, -0.25) is 18.6 Å². The second kappa shape index (κ2) is 38.8. The molecule has 0 aromatic rings. The summed E-state index contributed by atoms with van der Waals surface area (Å²) in [6.45, 7) is 3.31. The number of carbonyl (C=O) groups excluding carboxylic acids is 2. The Bertz CT molecular complexity index is 1140. The Morgan fingerprint density at radius 2 is 0.823 bits per heavy atom. The number of aliphatic hydroxyl groups is 5. The highest BCUT2D eigenvalue weighted by atomic mass is 31.2. The van der Waals surface area contributed by atoms with Gasteiger partial charge in [0, 0.05) is 12.8 Å². The maximum absolute atomic E-state index is 12.8. The molecule has 1 fully saturated rings. The number of phosphoric ester groups is 1. The van der Waals surface area contributed by atoms with Gasteiger partial charge in [0.1, 0.15) is 43.2 Å². The number of hydrogen-bond acceptors (Lipinski definition) is 12. The fraction of sp³-hybridized carbons (Fsp3) is 0.917. The lowest BCUT2D eigenvalue weighted by Crippen LogP contribution is -2.64. The fourth-order valence-corrected chi connectivity index (χ4v) is 8.79. The van der Waals surface area contributed by atoms with Crippen molar-refractivity contribution in [3.05, 3.63) is 12.2 Å². The molecule has 14 heteroatoms. The Balaban J connectivity index is 2.40. The second-order valence-electron chi connectivity index (χ2n) is 17.7. The number of hydrogen-bond donors (Lipinski definition) is 6. The normalized spacial score (nSPS) is 21.9. The lowest BCUT2D eigenvalue weighted by Gasteiger charge is -2.41. The predicted octanol–water partition coefficient (Wildman–Crippen LogP) is 10.2. The molecule has 0 aromatic carbocycles. The second-order valence-corrected chi connectivity index (χ2v) is 19.1. The predicted molar refractivity (Wildman–Crippen MR) is 244 cm³/mol. The van der Waals surface area contributed by atoms with Crippen LogP contribution >= 0.6 is 7.82 Å². The number of esters is 2. The molecule has 0 heterocycles. The zero-order valence-corrected chi connectivity index (χ0v) is 39.8. The van der Waals surface area contributed by atoms with Crippen molar-refractivity contribution in [2.75, 3.05) is 13.2 Å². The molecule has 8 atom stereocenters. The molecule has 0 saturated heterocycles. The highest BCUT2D eigenvalue weighted by molar-refractivity contribution is 7.47. The van der Waals surface area contributed by atoms with E-state index in [4.69, 9.17) is 18.5 Å². The van der Waals surface area contributed by atoms with Crippen LogP contribution in [0.25, 0.3) is 0 Å². The van der Waals surface area contributed by atoms with Gasteiger partial charge < -0.3 is 39.9 Å². The molecule has 0 spiro atoms. The van der Waals surface area contributed by atoms with E-state index in [2.05, 4.69) is 26.0 Å². The van der Waals surface area contributed by atoms with Crippen molar-refractivity contribution in [1.82, 2.24) is 0 Å². The van der Waals surface area contributed by atoms with Crippen molar-refractivity contribution < 1.29 is 63.1 Å². The van der Waals surface area contributed by atoms with E-state index in [9.17, 15) is 44.6 Å². The molecule has 0 bridgehead atoms. The van der Waals surface area contributed by atoms with Gasteiger partial charge in [-0.15, -0.1) is 0 Å². The summed E-state index contributed by atoms with van der Waals surface area (Å²) in [5.41, 5.74) is 0. The maximum atomic E-state index is 12.8. The van der Waals surface area contributed by atoms with Gasteiger partial charge in [0.05, 0.1) is 6.61 Å². The molecule has 0 radical (unpaired) electrons. The van der Waals surface area contributed by atoms with E-state index in [0.717, 1.165) is 57.8 Å².